The van der Waals surface area contributed by atoms with Crippen LogP contribution in [-0.2, 0) is 14.0 Å². The van der Waals surface area contributed by atoms with Gasteiger partial charge in [0.25, 0.3) is 0 Å². The van der Waals surface area contributed by atoms with Crippen LogP contribution < -0.4 is 0 Å². The molecule has 1 spiro atoms. The van der Waals surface area contributed by atoms with Gasteiger partial charge in [0.2, 0.25) is 5.91 Å². The molecule has 1 amide bonds. The fourth-order valence-electron chi connectivity index (χ4n) is 2.91. The van der Waals surface area contributed by atoms with Gasteiger partial charge in [-0.1, -0.05) is 13.8 Å². The van der Waals surface area contributed by atoms with Crippen molar-refractivity contribution in [2.24, 2.45) is 5.41 Å². The monoisotopic (exact) mass is 251 g/mol. The highest BCUT2D eigenvalue weighted by molar-refractivity contribution is 8.12. The quantitative estimate of drug-likeness (QED) is 0.526. The molecule has 1 saturated carbocycles. The SMILES string of the molecule is CC1(C)CCC2(CC(=O)N2S(=O)(=O)Cl)C1. The molecule has 0 radical (unpaired) electrons. The minimum atomic E-state index is -3.90. The van der Waals surface area contributed by atoms with Crippen molar-refractivity contribution in [2.45, 2.75) is 45.1 Å². The highest BCUT2D eigenvalue weighted by atomic mass is 35.7. The van der Waals surface area contributed by atoms with E-state index in [1.165, 1.54) is 0 Å². The first-order valence-electron chi connectivity index (χ1n) is 4.94. The van der Waals surface area contributed by atoms with Crippen molar-refractivity contribution < 1.29 is 13.2 Å². The molecule has 0 N–H and O–H groups in total. The summed E-state index contributed by atoms with van der Waals surface area (Å²) < 4.78 is 23.4. The Morgan fingerprint density at radius 1 is 1.33 bits per heavy atom. The number of nitrogens with zero attached hydrogens (tertiary/aromatic N) is 1. The molecule has 1 aliphatic carbocycles. The third-order valence-electron chi connectivity index (χ3n) is 3.43. The average Bonchev–Trinajstić information content (AvgIpc) is 2.23. The van der Waals surface area contributed by atoms with Crippen LogP contribution in [0.1, 0.15) is 39.5 Å². The van der Waals surface area contributed by atoms with Crippen molar-refractivity contribution in [3.05, 3.63) is 0 Å². The van der Waals surface area contributed by atoms with E-state index < -0.39 is 14.8 Å². The maximum absolute atomic E-state index is 11.3. The van der Waals surface area contributed by atoms with Gasteiger partial charge in [0.05, 0.1) is 12.0 Å². The Hall–Kier alpha value is -0.290. The molecule has 15 heavy (non-hydrogen) atoms. The lowest BCUT2D eigenvalue weighted by atomic mass is 9.81. The molecule has 0 bridgehead atoms. The number of amides is 1. The number of halogens is 1. The molecule has 2 fully saturated rings. The molecular formula is C9H14ClNO3S. The Balaban J connectivity index is 2.30. The van der Waals surface area contributed by atoms with Crippen molar-refractivity contribution in [2.75, 3.05) is 0 Å². The predicted molar refractivity (Wildman–Crippen MR) is 56.6 cm³/mol. The zero-order valence-corrected chi connectivity index (χ0v) is 10.4. The summed E-state index contributed by atoms with van der Waals surface area (Å²) >= 11 is 0. The van der Waals surface area contributed by atoms with Gasteiger partial charge in [0.1, 0.15) is 0 Å². The summed E-state index contributed by atoms with van der Waals surface area (Å²) in [7, 11) is 1.37. The zero-order chi connectivity index (χ0) is 11.5. The number of β-lactam (4-membered cyclic amide) rings is 1. The Labute approximate surface area is 94.1 Å². The number of carbonyl (C=O) groups excluding carboxylic acids is 1. The summed E-state index contributed by atoms with van der Waals surface area (Å²) in [6.45, 7) is 4.17. The summed E-state index contributed by atoms with van der Waals surface area (Å²) in [6, 6.07) is 0. The molecule has 4 nitrogen and oxygen atoms in total. The molecule has 1 saturated heterocycles. The summed E-state index contributed by atoms with van der Waals surface area (Å²) in [5.74, 6) is -0.372. The van der Waals surface area contributed by atoms with E-state index >= 15 is 0 Å². The number of carbonyl (C=O) groups is 1. The van der Waals surface area contributed by atoms with Gasteiger partial charge in [-0.05, 0) is 24.7 Å². The third-order valence-corrected chi connectivity index (χ3v) is 4.87. The van der Waals surface area contributed by atoms with Gasteiger partial charge in [-0.2, -0.15) is 8.42 Å². The van der Waals surface area contributed by atoms with Crippen LogP contribution in [0.15, 0.2) is 0 Å². The van der Waals surface area contributed by atoms with Crippen LogP contribution in [0, 0.1) is 5.41 Å². The van der Waals surface area contributed by atoms with Crippen LogP contribution in [-0.4, -0.2) is 24.2 Å². The van der Waals surface area contributed by atoms with Gasteiger partial charge in [-0.3, -0.25) is 4.79 Å². The van der Waals surface area contributed by atoms with Crippen molar-refractivity contribution in [3.8, 4) is 0 Å². The topological polar surface area (TPSA) is 54.5 Å². The molecule has 1 unspecified atom stereocenters. The van der Waals surface area contributed by atoms with E-state index in [9.17, 15) is 13.2 Å². The van der Waals surface area contributed by atoms with Crippen molar-refractivity contribution in [3.63, 3.8) is 0 Å². The minimum absolute atomic E-state index is 0.0977. The molecule has 1 heterocycles. The smallest absolute Gasteiger partial charge is 0.274 e. The molecule has 6 heteroatoms. The minimum Gasteiger partial charge on any atom is -0.274 e. The van der Waals surface area contributed by atoms with Gasteiger partial charge in [0, 0.05) is 10.7 Å². The fourth-order valence-corrected chi connectivity index (χ4v) is 4.58. The van der Waals surface area contributed by atoms with Gasteiger partial charge in [-0.15, -0.1) is 0 Å². The molecular weight excluding hydrogens is 238 g/mol. The van der Waals surface area contributed by atoms with E-state index in [4.69, 9.17) is 10.7 Å². The average molecular weight is 252 g/mol. The van der Waals surface area contributed by atoms with Crippen molar-refractivity contribution in [1.29, 1.82) is 0 Å². The molecule has 86 valence electrons. The Morgan fingerprint density at radius 3 is 2.27 bits per heavy atom. The zero-order valence-electron chi connectivity index (χ0n) is 8.79. The lowest BCUT2D eigenvalue weighted by Crippen LogP contribution is -2.63. The highest BCUT2D eigenvalue weighted by Gasteiger charge is 2.60. The molecule has 0 aromatic rings. The maximum atomic E-state index is 11.3. The fraction of sp³-hybridized carbons (Fsp3) is 0.889. The normalized spacial score (nSPS) is 34.6. The van der Waals surface area contributed by atoms with Crippen molar-refractivity contribution >= 4 is 25.8 Å². The third kappa shape index (κ3) is 1.65. The summed E-state index contributed by atoms with van der Waals surface area (Å²) in [5.41, 5.74) is -0.415. The van der Waals surface area contributed by atoms with Gasteiger partial charge < -0.3 is 0 Å². The molecule has 1 aliphatic heterocycles. The molecule has 2 rings (SSSR count). The molecule has 1 atom stereocenters. The van der Waals surface area contributed by atoms with Gasteiger partial charge >= 0.3 is 9.24 Å². The van der Waals surface area contributed by atoms with Gasteiger partial charge in [0.15, 0.2) is 0 Å². The van der Waals surface area contributed by atoms with E-state index in [1.54, 1.807) is 0 Å². The highest BCUT2D eigenvalue weighted by Crippen LogP contribution is 2.54. The summed E-state index contributed by atoms with van der Waals surface area (Å²) in [4.78, 5) is 11.3. The molecule has 0 aromatic carbocycles. The van der Waals surface area contributed by atoms with Crippen LogP contribution in [0.3, 0.4) is 0 Å². The maximum Gasteiger partial charge on any atom is 0.324 e. The summed E-state index contributed by atoms with van der Waals surface area (Å²) in [6.07, 6.45) is 2.71. The van der Waals surface area contributed by atoms with E-state index in [1.807, 2.05) is 0 Å². The Kier molecular flexibility index (Phi) is 2.15. The molecule has 2 aliphatic rings. The first-order valence-corrected chi connectivity index (χ1v) is 7.21. The molecule has 0 aromatic heterocycles. The predicted octanol–water partition coefficient (Wildman–Crippen LogP) is 1.65. The Bertz CT molecular complexity index is 417. The standard InChI is InChI=1S/C9H14ClNO3S/c1-8(2)3-4-9(6-8)5-7(12)11(9)15(10,13)14/h3-6H2,1-2H3. The Morgan fingerprint density at radius 2 is 1.93 bits per heavy atom. The van der Waals surface area contributed by atoms with Crippen molar-refractivity contribution in [1.82, 2.24) is 4.31 Å². The first-order chi connectivity index (χ1) is 6.66. The second-order valence-electron chi connectivity index (χ2n) is 5.34. The van der Waals surface area contributed by atoms with Crippen LogP contribution in [0.25, 0.3) is 0 Å². The van der Waals surface area contributed by atoms with Crippen LogP contribution >= 0.6 is 10.7 Å². The number of hydrogen-bond acceptors (Lipinski definition) is 3. The van der Waals surface area contributed by atoms with E-state index in [0.717, 1.165) is 23.6 Å². The van der Waals surface area contributed by atoms with E-state index in [2.05, 4.69) is 13.8 Å². The van der Waals surface area contributed by atoms with Gasteiger partial charge in [-0.25, -0.2) is 4.31 Å². The van der Waals surface area contributed by atoms with E-state index in [0.29, 0.717) is 6.42 Å². The van der Waals surface area contributed by atoms with Crippen LogP contribution in [0.2, 0.25) is 0 Å². The summed E-state index contributed by atoms with van der Waals surface area (Å²) in [5, 5.41) is 0. The second kappa shape index (κ2) is 2.88. The number of rotatable bonds is 1. The second-order valence-corrected chi connectivity index (χ2v) is 7.70. The van der Waals surface area contributed by atoms with Crippen LogP contribution in [0.5, 0.6) is 0 Å². The largest absolute Gasteiger partial charge is 0.324 e. The lowest BCUT2D eigenvalue weighted by molar-refractivity contribution is -0.145. The first kappa shape index (κ1) is 11.2. The van der Waals surface area contributed by atoms with E-state index in [-0.39, 0.29) is 11.3 Å². The van der Waals surface area contributed by atoms with Crippen LogP contribution in [0.4, 0.5) is 0 Å². The number of hydrogen-bond donors (Lipinski definition) is 0. The lowest BCUT2D eigenvalue weighted by Gasteiger charge is -2.47.